The van der Waals surface area contributed by atoms with Crippen molar-refractivity contribution in [3.05, 3.63) is 35.9 Å². The highest BCUT2D eigenvalue weighted by molar-refractivity contribution is 5.96. The lowest BCUT2D eigenvalue weighted by Crippen LogP contribution is -2.39. The first-order valence-corrected chi connectivity index (χ1v) is 6.95. The minimum Gasteiger partial charge on any atom is -0.393 e. The predicted octanol–water partition coefficient (Wildman–Crippen LogP) is 0.694. The molecular formula is C15H20N2O3. The third kappa shape index (κ3) is 4.06. The molecule has 108 valence electrons. The normalized spacial score (nSPS) is 21.4. The van der Waals surface area contributed by atoms with Gasteiger partial charge in [0.25, 0.3) is 5.91 Å². The molecule has 2 amide bonds. The molecule has 0 bridgehead atoms. The van der Waals surface area contributed by atoms with Crippen LogP contribution in [0.15, 0.2) is 30.3 Å². The molecule has 0 spiro atoms. The summed E-state index contributed by atoms with van der Waals surface area (Å²) in [5, 5.41) is 15.0. The fraction of sp³-hybridized carbons (Fsp3) is 0.467. The van der Waals surface area contributed by atoms with Crippen molar-refractivity contribution in [2.24, 2.45) is 5.92 Å². The Hall–Kier alpha value is -1.88. The number of nitrogens with one attached hydrogen (secondary N) is 2. The van der Waals surface area contributed by atoms with Crippen LogP contribution >= 0.6 is 0 Å². The van der Waals surface area contributed by atoms with Crippen molar-refractivity contribution in [2.45, 2.75) is 25.4 Å². The molecule has 2 atom stereocenters. The van der Waals surface area contributed by atoms with Crippen LogP contribution in [0.25, 0.3) is 0 Å². The molecule has 3 N–H and O–H groups in total. The van der Waals surface area contributed by atoms with Crippen molar-refractivity contribution in [3.63, 3.8) is 0 Å². The number of benzene rings is 1. The zero-order valence-electron chi connectivity index (χ0n) is 11.3. The molecule has 2 unspecified atom stereocenters. The maximum absolute atomic E-state index is 11.7. The summed E-state index contributed by atoms with van der Waals surface area (Å²) in [6.07, 6.45) is 2.45. The van der Waals surface area contributed by atoms with Gasteiger partial charge >= 0.3 is 0 Å². The van der Waals surface area contributed by atoms with Crippen LogP contribution in [0, 0.1) is 5.92 Å². The van der Waals surface area contributed by atoms with E-state index in [0.717, 1.165) is 19.3 Å². The maximum Gasteiger partial charge on any atom is 0.251 e. The second kappa shape index (κ2) is 7.05. The number of rotatable bonds is 5. The lowest BCUT2D eigenvalue weighted by atomic mass is 10.1. The summed E-state index contributed by atoms with van der Waals surface area (Å²) in [6.45, 7) is 0.428. The molecular weight excluding hydrogens is 256 g/mol. The van der Waals surface area contributed by atoms with Gasteiger partial charge in [-0.05, 0) is 25.0 Å². The van der Waals surface area contributed by atoms with E-state index < -0.39 is 0 Å². The van der Waals surface area contributed by atoms with Crippen LogP contribution in [0.2, 0.25) is 0 Å². The van der Waals surface area contributed by atoms with E-state index in [1.54, 1.807) is 24.3 Å². The molecule has 1 aromatic rings. The minimum absolute atomic E-state index is 0.0451. The standard InChI is InChI=1S/C15H20N2O3/c18-13-8-4-7-12(13)9-16-14(19)10-17-15(20)11-5-2-1-3-6-11/h1-3,5-6,12-13,18H,4,7-10H2,(H,16,19)(H,17,20). The number of aliphatic hydroxyl groups is 1. The highest BCUT2D eigenvalue weighted by Crippen LogP contribution is 2.24. The Kier molecular flexibility index (Phi) is 5.12. The summed E-state index contributed by atoms with van der Waals surface area (Å²) < 4.78 is 0. The monoisotopic (exact) mass is 276 g/mol. The smallest absolute Gasteiger partial charge is 0.251 e. The first-order valence-electron chi connectivity index (χ1n) is 6.95. The minimum atomic E-state index is -0.311. The Morgan fingerprint density at radius 1 is 1.15 bits per heavy atom. The third-order valence-corrected chi connectivity index (χ3v) is 3.63. The van der Waals surface area contributed by atoms with Crippen LogP contribution in [0.1, 0.15) is 29.6 Å². The predicted molar refractivity (Wildman–Crippen MR) is 75.1 cm³/mol. The van der Waals surface area contributed by atoms with Gasteiger partial charge in [-0.15, -0.1) is 0 Å². The summed E-state index contributed by atoms with van der Waals surface area (Å²) in [4.78, 5) is 23.4. The van der Waals surface area contributed by atoms with Crippen molar-refractivity contribution in [1.82, 2.24) is 10.6 Å². The molecule has 1 saturated carbocycles. The summed E-state index contributed by atoms with van der Waals surface area (Å²) in [6, 6.07) is 8.77. The van der Waals surface area contributed by atoms with Gasteiger partial charge in [-0.2, -0.15) is 0 Å². The number of hydrogen-bond acceptors (Lipinski definition) is 3. The Balaban J connectivity index is 1.69. The van der Waals surface area contributed by atoms with E-state index in [2.05, 4.69) is 10.6 Å². The molecule has 0 radical (unpaired) electrons. The van der Waals surface area contributed by atoms with Crippen LogP contribution in [0.3, 0.4) is 0 Å². The first kappa shape index (κ1) is 14.5. The van der Waals surface area contributed by atoms with Gasteiger partial charge in [-0.25, -0.2) is 0 Å². The molecule has 5 nitrogen and oxygen atoms in total. The fourth-order valence-electron chi connectivity index (χ4n) is 2.41. The molecule has 1 aromatic carbocycles. The van der Waals surface area contributed by atoms with Gasteiger partial charge in [0, 0.05) is 18.0 Å². The summed E-state index contributed by atoms with van der Waals surface area (Å²) in [7, 11) is 0. The Bertz CT molecular complexity index is 461. The number of carbonyl (C=O) groups is 2. The lowest BCUT2D eigenvalue weighted by molar-refractivity contribution is -0.120. The van der Waals surface area contributed by atoms with Crippen molar-refractivity contribution in [2.75, 3.05) is 13.1 Å². The van der Waals surface area contributed by atoms with E-state index in [-0.39, 0.29) is 30.4 Å². The van der Waals surface area contributed by atoms with Gasteiger partial charge in [0.15, 0.2) is 0 Å². The molecule has 0 heterocycles. The highest BCUT2D eigenvalue weighted by atomic mass is 16.3. The molecule has 5 heteroatoms. The molecule has 0 aromatic heterocycles. The molecule has 0 saturated heterocycles. The number of aliphatic hydroxyl groups excluding tert-OH is 1. The van der Waals surface area contributed by atoms with Crippen molar-refractivity contribution < 1.29 is 14.7 Å². The summed E-state index contributed by atoms with van der Waals surface area (Å²) in [5.41, 5.74) is 0.534. The zero-order chi connectivity index (χ0) is 14.4. The summed E-state index contributed by atoms with van der Waals surface area (Å²) in [5.74, 6) is -0.348. The average molecular weight is 276 g/mol. The van der Waals surface area contributed by atoms with Gasteiger partial charge in [-0.1, -0.05) is 24.6 Å². The number of hydrogen-bond donors (Lipinski definition) is 3. The van der Waals surface area contributed by atoms with Crippen LogP contribution in [0.5, 0.6) is 0 Å². The fourth-order valence-corrected chi connectivity index (χ4v) is 2.41. The highest BCUT2D eigenvalue weighted by Gasteiger charge is 2.25. The van der Waals surface area contributed by atoms with E-state index in [1.165, 1.54) is 0 Å². The molecule has 1 aliphatic carbocycles. The average Bonchev–Trinajstić information content (AvgIpc) is 2.89. The molecule has 1 aliphatic rings. The van der Waals surface area contributed by atoms with E-state index >= 15 is 0 Å². The van der Waals surface area contributed by atoms with Crippen LogP contribution in [0.4, 0.5) is 0 Å². The second-order valence-corrected chi connectivity index (χ2v) is 5.11. The van der Waals surface area contributed by atoms with Gasteiger partial charge in [0.1, 0.15) is 0 Å². The summed E-state index contributed by atoms with van der Waals surface area (Å²) >= 11 is 0. The number of carbonyl (C=O) groups excluding carboxylic acids is 2. The van der Waals surface area contributed by atoms with E-state index in [9.17, 15) is 14.7 Å². The molecule has 20 heavy (non-hydrogen) atoms. The van der Waals surface area contributed by atoms with Crippen LogP contribution in [-0.4, -0.2) is 36.1 Å². The van der Waals surface area contributed by atoms with Crippen molar-refractivity contribution >= 4 is 11.8 Å². The SMILES string of the molecule is O=C(CNC(=O)c1ccccc1)NCC1CCCC1O. The number of amides is 2. The van der Waals surface area contributed by atoms with Gasteiger partial charge in [0.2, 0.25) is 5.91 Å². The topological polar surface area (TPSA) is 78.4 Å². The zero-order valence-corrected chi connectivity index (χ0v) is 11.3. The van der Waals surface area contributed by atoms with E-state index in [4.69, 9.17) is 0 Å². The van der Waals surface area contributed by atoms with E-state index in [1.807, 2.05) is 6.07 Å². The van der Waals surface area contributed by atoms with Crippen LogP contribution < -0.4 is 10.6 Å². The molecule has 1 fully saturated rings. The Morgan fingerprint density at radius 3 is 2.55 bits per heavy atom. The maximum atomic E-state index is 11.7. The molecule has 2 rings (SSSR count). The third-order valence-electron chi connectivity index (χ3n) is 3.63. The van der Waals surface area contributed by atoms with Crippen molar-refractivity contribution in [1.29, 1.82) is 0 Å². The molecule has 0 aliphatic heterocycles. The lowest BCUT2D eigenvalue weighted by Gasteiger charge is -2.15. The van der Waals surface area contributed by atoms with Gasteiger partial charge < -0.3 is 15.7 Å². The quantitative estimate of drug-likeness (QED) is 0.740. The second-order valence-electron chi connectivity index (χ2n) is 5.11. The van der Waals surface area contributed by atoms with Crippen LogP contribution in [-0.2, 0) is 4.79 Å². The largest absolute Gasteiger partial charge is 0.393 e. The Morgan fingerprint density at radius 2 is 1.90 bits per heavy atom. The van der Waals surface area contributed by atoms with Gasteiger partial charge in [0.05, 0.1) is 12.6 Å². The first-order chi connectivity index (χ1) is 9.66. The Labute approximate surface area is 118 Å². The van der Waals surface area contributed by atoms with Crippen molar-refractivity contribution in [3.8, 4) is 0 Å². The van der Waals surface area contributed by atoms with E-state index in [0.29, 0.717) is 12.1 Å². The van der Waals surface area contributed by atoms with Gasteiger partial charge in [-0.3, -0.25) is 9.59 Å².